The second-order valence-electron chi connectivity index (χ2n) is 4.85. The van der Waals surface area contributed by atoms with Crippen LogP contribution in [-0.4, -0.2) is 16.4 Å². The smallest absolute Gasteiger partial charge is 0.145 e. The van der Waals surface area contributed by atoms with Gasteiger partial charge in [-0.15, -0.1) is 0 Å². The van der Waals surface area contributed by atoms with E-state index in [2.05, 4.69) is 26.3 Å². The monoisotopic (exact) mass is 259 g/mol. The number of aromatic nitrogens is 2. The van der Waals surface area contributed by atoms with Gasteiger partial charge in [0.25, 0.3) is 0 Å². The summed E-state index contributed by atoms with van der Waals surface area (Å²) in [5, 5.41) is 11.1. The average Bonchev–Trinajstić information content (AvgIpc) is 3.17. The topological polar surface area (TPSA) is 60.2 Å². The second-order valence-corrected chi connectivity index (χ2v) is 4.85. The first-order valence-electron chi connectivity index (χ1n) is 6.55. The number of benzene rings is 1. The molecule has 19 heavy (non-hydrogen) atoms. The van der Waals surface area contributed by atoms with E-state index in [1.807, 2.05) is 25.1 Å². The molecule has 0 spiro atoms. The van der Waals surface area contributed by atoms with E-state index in [9.17, 15) is 0 Å². The summed E-state index contributed by atoms with van der Waals surface area (Å²) in [5.41, 5.74) is 2.68. The highest BCUT2D eigenvalue weighted by molar-refractivity contribution is 5.33. The molecule has 0 saturated heterocycles. The third-order valence-corrected chi connectivity index (χ3v) is 3.24. The Morgan fingerprint density at radius 2 is 2.16 bits per heavy atom. The van der Waals surface area contributed by atoms with Crippen LogP contribution < -0.4 is 10.1 Å². The predicted octanol–water partition coefficient (Wildman–Crippen LogP) is 2.21. The molecule has 1 fully saturated rings. The maximum Gasteiger partial charge on any atom is 0.145 e. The summed E-state index contributed by atoms with van der Waals surface area (Å²) in [4.78, 5) is 0. The molecule has 1 N–H and O–H groups in total. The molecular formula is C14H17N3O2. The SMILES string of the molecule is Cc1nonc1COc1ccccc1CNC1CC1. The predicted molar refractivity (Wildman–Crippen MR) is 69.7 cm³/mol. The molecule has 0 atom stereocenters. The Labute approximate surface area is 111 Å². The standard InChI is InChI=1S/C14H17N3O2/c1-10-13(17-19-16-10)9-18-14-5-3-2-4-11(14)8-15-12-6-7-12/h2-5,12,15H,6-9H2,1H3. The van der Waals surface area contributed by atoms with E-state index in [0.29, 0.717) is 12.6 Å². The Hall–Kier alpha value is -1.88. The van der Waals surface area contributed by atoms with Crippen LogP contribution in [0.15, 0.2) is 28.9 Å². The van der Waals surface area contributed by atoms with Crippen LogP contribution in [0.2, 0.25) is 0 Å². The lowest BCUT2D eigenvalue weighted by atomic mass is 10.2. The fourth-order valence-corrected chi connectivity index (χ4v) is 1.86. The van der Waals surface area contributed by atoms with Crippen molar-refractivity contribution in [2.45, 2.75) is 39.0 Å². The van der Waals surface area contributed by atoms with E-state index >= 15 is 0 Å². The Morgan fingerprint density at radius 3 is 2.89 bits per heavy atom. The molecule has 1 aliphatic carbocycles. The minimum atomic E-state index is 0.385. The van der Waals surface area contributed by atoms with Gasteiger partial charge in [0, 0.05) is 18.2 Å². The van der Waals surface area contributed by atoms with Gasteiger partial charge >= 0.3 is 0 Å². The first-order valence-corrected chi connectivity index (χ1v) is 6.55. The van der Waals surface area contributed by atoms with Gasteiger partial charge in [0.2, 0.25) is 0 Å². The third-order valence-electron chi connectivity index (χ3n) is 3.24. The number of para-hydroxylation sites is 1. The highest BCUT2D eigenvalue weighted by atomic mass is 16.6. The fourth-order valence-electron chi connectivity index (χ4n) is 1.86. The summed E-state index contributed by atoms with van der Waals surface area (Å²) in [7, 11) is 0. The normalized spacial score (nSPS) is 14.6. The van der Waals surface area contributed by atoms with Crippen molar-refractivity contribution in [1.82, 2.24) is 15.6 Å². The molecule has 0 aliphatic heterocycles. The Morgan fingerprint density at radius 1 is 1.32 bits per heavy atom. The summed E-state index contributed by atoms with van der Waals surface area (Å²) < 4.78 is 10.5. The van der Waals surface area contributed by atoms with Gasteiger partial charge in [0.05, 0.1) is 0 Å². The summed E-state index contributed by atoms with van der Waals surface area (Å²) in [5.74, 6) is 0.887. The number of ether oxygens (including phenoxy) is 1. The second kappa shape index (κ2) is 5.40. The zero-order valence-corrected chi connectivity index (χ0v) is 10.9. The van der Waals surface area contributed by atoms with Crippen LogP contribution >= 0.6 is 0 Å². The van der Waals surface area contributed by atoms with Gasteiger partial charge in [-0.25, -0.2) is 4.63 Å². The Balaban J connectivity index is 1.64. The number of aryl methyl sites for hydroxylation is 1. The van der Waals surface area contributed by atoms with E-state index in [0.717, 1.165) is 23.7 Å². The van der Waals surface area contributed by atoms with Crippen LogP contribution in [0, 0.1) is 6.92 Å². The largest absolute Gasteiger partial charge is 0.487 e. The van der Waals surface area contributed by atoms with Gasteiger partial charge in [-0.2, -0.15) is 0 Å². The number of nitrogens with one attached hydrogen (secondary N) is 1. The Bertz CT molecular complexity index is 549. The molecule has 5 nitrogen and oxygen atoms in total. The van der Waals surface area contributed by atoms with Gasteiger partial charge in [0.1, 0.15) is 23.7 Å². The highest BCUT2D eigenvalue weighted by Crippen LogP contribution is 2.23. The van der Waals surface area contributed by atoms with E-state index in [1.165, 1.54) is 18.4 Å². The molecular weight excluding hydrogens is 242 g/mol. The molecule has 1 aromatic carbocycles. The van der Waals surface area contributed by atoms with Crippen molar-refractivity contribution < 1.29 is 9.37 Å². The maximum absolute atomic E-state index is 5.81. The molecule has 100 valence electrons. The number of hydrogen-bond donors (Lipinski definition) is 1. The van der Waals surface area contributed by atoms with Crippen molar-refractivity contribution >= 4 is 0 Å². The first-order chi connectivity index (χ1) is 9.33. The quantitative estimate of drug-likeness (QED) is 0.861. The van der Waals surface area contributed by atoms with Gasteiger partial charge in [-0.1, -0.05) is 28.5 Å². The van der Waals surface area contributed by atoms with Gasteiger partial charge in [-0.05, 0) is 25.8 Å². The zero-order valence-electron chi connectivity index (χ0n) is 10.9. The number of nitrogens with zero attached hydrogens (tertiary/aromatic N) is 2. The zero-order chi connectivity index (χ0) is 13.1. The van der Waals surface area contributed by atoms with Gasteiger partial charge in [0.15, 0.2) is 0 Å². The van der Waals surface area contributed by atoms with Crippen molar-refractivity contribution in [2.75, 3.05) is 0 Å². The summed E-state index contributed by atoms with van der Waals surface area (Å²) in [6.07, 6.45) is 2.57. The highest BCUT2D eigenvalue weighted by Gasteiger charge is 2.20. The van der Waals surface area contributed by atoms with Crippen LogP contribution in [-0.2, 0) is 13.2 Å². The molecule has 1 heterocycles. The van der Waals surface area contributed by atoms with E-state index in [-0.39, 0.29) is 0 Å². The molecule has 0 bridgehead atoms. The molecule has 0 amide bonds. The Kier molecular flexibility index (Phi) is 3.46. The molecule has 0 unspecified atom stereocenters. The van der Waals surface area contributed by atoms with Gasteiger partial charge in [-0.3, -0.25) is 0 Å². The molecule has 1 aromatic heterocycles. The van der Waals surface area contributed by atoms with Crippen molar-refractivity contribution in [1.29, 1.82) is 0 Å². The average molecular weight is 259 g/mol. The molecule has 3 rings (SSSR count). The summed E-state index contributed by atoms with van der Waals surface area (Å²) in [6.45, 7) is 3.09. The van der Waals surface area contributed by atoms with E-state index in [1.54, 1.807) is 0 Å². The molecule has 2 aromatic rings. The van der Waals surface area contributed by atoms with Crippen molar-refractivity contribution in [3.05, 3.63) is 41.2 Å². The summed E-state index contributed by atoms with van der Waals surface area (Å²) >= 11 is 0. The van der Waals surface area contributed by atoms with E-state index < -0.39 is 0 Å². The van der Waals surface area contributed by atoms with Crippen molar-refractivity contribution in [2.24, 2.45) is 0 Å². The van der Waals surface area contributed by atoms with Crippen LogP contribution in [0.25, 0.3) is 0 Å². The minimum Gasteiger partial charge on any atom is -0.487 e. The van der Waals surface area contributed by atoms with E-state index in [4.69, 9.17) is 4.74 Å². The fraction of sp³-hybridized carbons (Fsp3) is 0.429. The third kappa shape index (κ3) is 3.12. The first kappa shape index (κ1) is 12.2. The lowest BCUT2D eigenvalue weighted by molar-refractivity contribution is 0.268. The van der Waals surface area contributed by atoms with Crippen LogP contribution in [0.1, 0.15) is 29.8 Å². The van der Waals surface area contributed by atoms with Crippen LogP contribution in [0.5, 0.6) is 5.75 Å². The lowest BCUT2D eigenvalue weighted by Crippen LogP contribution is -2.16. The van der Waals surface area contributed by atoms with Gasteiger partial charge < -0.3 is 10.1 Å². The van der Waals surface area contributed by atoms with Crippen molar-refractivity contribution in [3.8, 4) is 5.75 Å². The minimum absolute atomic E-state index is 0.385. The van der Waals surface area contributed by atoms with Crippen molar-refractivity contribution in [3.63, 3.8) is 0 Å². The lowest BCUT2D eigenvalue weighted by Gasteiger charge is -2.11. The number of hydrogen-bond acceptors (Lipinski definition) is 5. The summed E-state index contributed by atoms with van der Waals surface area (Å²) in [6, 6.07) is 8.75. The van der Waals surface area contributed by atoms with Crippen LogP contribution in [0.4, 0.5) is 0 Å². The number of rotatable bonds is 6. The molecule has 5 heteroatoms. The molecule has 1 saturated carbocycles. The van der Waals surface area contributed by atoms with Crippen LogP contribution in [0.3, 0.4) is 0 Å². The molecule has 0 radical (unpaired) electrons. The molecule has 1 aliphatic rings. The maximum atomic E-state index is 5.81.